The second kappa shape index (κ2) is 11.2. The third kappa shape index (κ3) is 6.37. The summed E-state index contributed by atoms with van der Waals surface area (Å²) in [5.74, 6) is 1.49. The maximum absolute atomic E-state index is 6.67. The summed E-state index contributed by atoms with van der Waals surface area (Å²) >= 11 is 14.6. The van der Waals surface area contributed by atoms with Crippen molar-refractivity contribution < 1.29 is 4.74 Å². The number of fused-ring (bicyclic) bond motifs is 1. The Bertz CT molecular complexity index is 1500. The van der Waals surface area contributed by atoms with Gasteiger partial charge in [0.1, 0.15) is 11.6 Å². The molecule has 0 atom stereocenters. The smallest absolute Gasteiger partial charge is 0.199 e. The molecule has 212 valence electrons. The summed E-state index contributed by atoms with van der Waals surface area (Å²) in [5, 5.41) is 14.5. The van der Waals surface area contributed by atoms with Gasteiger partial charge in [-0.25, -0.2) is 15.0 Å². The number of nitrogens with one attached hydrogen (secondary N) is 2. The fourth-order valence-corrected chi connectivity index (χ4v) is 6.51. The predicted octanol–water partition coefficient (Wildman–Crippen LogP) is 7.47. The highest BCUT2D eigenvalue weighted by atomic mass is 35.5. The van der Waals surface area contributed by atoms with E-state index in [-0.39, 0.29) is 10.8 Å². The zero-order valence-electron chi connectivity index (χ0n) is 23.7. The summed E-state index contributed by atoms with van der Waals surface area (Å²) < 4.78 is 7.64. The summed E-state index contributed by atoms with van der Waals surface area (Å²) in [6.45, 7) is 12.1. The van der Waals surface area contributed by atoms with Gasteiger partial charge < -0.3 is 15.4 Å². The number of ether oxygens (including phenoxy) is 1. The summed E-state index contributed by atoms with van der Waals surface area (Å²) in [5.41, 5.74) is 4.74. The van der Waals surface area contributed by atoms with Crippen LogP contribution < -0.4 is 15.4 Å². The summed E-state index contributed by atoms with van der Waals surface area (Å²) in [4.78, 5) is 13.6. The fraction of sp³-hybridized carbons (Fsp3) is 0.448. The van der Waals surface area contributed by atoms with Gasteiger partial charge in [-0.1, -0.05) is 69.2 Å². The largest absolute Gasteiger partial charge is 0.482 e. The molecule has 1 aliphatic rings. The van der Waals surface area contributed by atoms with Crippen molar-refractivity contribution in [3.05, 3.63) is 68.8 Å². The molecule has 0 fully saturated rings. The van der Waals surface area contributed by atoms with E-state index < -0.39 is 0 Å². The molecule has 0 unspecified atom stereocenters. The molecule has 0 saturated carbocycles. The quantitative estimate of drug-likeness (QED) is 0.217. The van der Waals surface area contributed by atoms with E-state index in [9.17, 15) is 0 Å². The third-order valence-corrected chi connectivity index (χ3v) is 8.56. The summed E-state index contributed by atoms with van der Waals surface area (Å²) in [6.07, 6.45) is 6.05. The highest BCUT2D eigenvalue weighted by Gasteiger charge is 2.27. The minimum Gasteiger partial charge on any atom is -0.482 e. The Labute approximate surface area is 249 Å². The molecular formula is C29H35Cl2N7OS. The van der Waals surface area contributed by atoms with E-state index in [4.69, 9.17) is 33.0 Å². The first-order valence-electron chi connectivity index (χ1n) is 13.4. The van der Waals surface area contributed by atoms with Crippen molar-refractivity contribution in [2.24, 2.45) is 7.05 Å². The van der Waals surface area contributed by atoms with E-state index in [1.54, 1.807) is 12.4 Å². The van der Waals surface area contributed by atoms with E-state index in [1.807, 2.05) is 23.9 Å². The van der Waals surface area contributed by atoms with Crippen molar-refractivity contribution in [1.29, 1.82) is 0 Å². The molecule has 0 spiro atoms. The maximum Gasteiger partial charge on any atom is 0.199 e. The van der Waals surface area contributed by atoms with Crippen LogP contribution in [-0.2, 0) is 37.3 Å². The second-order valence-electron chi connectivity index (χ2n) is 11.8. The number of hydrogen-bond acceptors (Lipinski definition) is 8. The Hall–Kier alpha value is -2.88. The second-order valence-corrected chi connectivity index (χ2v) is 13.6. The molecule has 8 nitrogen and oxygen atoms in total. The van der Waals surface area contributed by atoms with E-state index in [1.165, 1.54) is 11.3 Å². The number of halogens is 2. The van der Waals surface area contributed by atoms with Crippen molar-refractivity contribution >= 4 is 51.3 Å². The molecule has 40 heavy (non-hydrogen) atoms. The Morgan fingerprint density at radius 3 is 2.42 bits per heavy atom. The number of aryl methyl sites for hydroxylation is 2. The Morgan fingerprint density at radius 2 is 1.70 bits per heavy atom. The Morgan fingerprint density at radius 1 is 1.00 bits per heavy atom. The van der Waals surface area contributed by atoms with Gasteiger partial charge in [0.25, 0.3) is 0 Å². The lowest BCUT2D eigenvalue weighted by atomic mass is 9.81. The highest BCUT2D eigenvalue weighted by molar-refractivity contribution is 7.17. The number of rotatable bonds is 8. The van der Waals surface area contributed by atoms with E-state index in [0.29, 0.717) is 28.8 Å². The minimum absolute atomic E-state index is 0.0700. The monoisotopic (exact) mass is 599 g/mol. The molecule has 4 aromatic heterocycles. The van der Waals surface area contributed by atoms with Gasteiger partial charge >= 0.3 is 0 Å². The number of nitrogens with zero attached hydrogens (tertiary/aromatic N) is 5. The SMILES string of the molecule is Cn1nc(CC(C)(C)c2cc(Nc3nc4c(s3)OCCC4)ncc2Cl)cc1CNc1cc(C(C)(C)C)c(Cl)cn1. The average molecular weight is 601 g/mol. The van der Waals surface area contributed by atoms with Gasteiger partial charge in [-0.2, -0.15) is 5.10 Å². The van der Waals surface area contributed by atoms with Crippen LogP contribution in [0, 0.1) is 0 Å². The number of hydrogen-bond donors (Lipinski definition) is 2. The molecule has 0 bridgehead atoms. The first kappa shape index (κ1) is 28.6. The maximum atomic E-state index is 6.67. The fourth-order valence-electron chi connectivity index (χ4n) is 4.86. The topological polar surface area (TPSA) is 89.8 Å². The van der Waals surface area contributed by atoms with Crippen LogP contribution in [0.15, 0.2) is 30.6 Å². The van der Waals surface area contributed by atoms with Crippen LogP contribution in [0.4, 0.5) is 16.8 Å². The van der Waals surface area contributed by atoms with Gasteiger partial charge in [-0.3, -0.25) is 4.68 Å². The number of anilines is 3. The molecule has 5 rings (SSSR count). The first-order valence-corrected chi connectivity index (χ1v) is 14.9. The standard InChI is InChI=1S/C29H35Cl2N7OS/c1-28(2,3)19-11-24(33-15-21(19)30)32-14-18-10-17(37-38(18)6)13-29(4,5)20-12-25(34-16-22(20)31)36-27-35-23-8-7-9-39-26(23)40-27/h10-12,15-16H,7-9,13-14H2,1-6H3,(H,32,33)(H,34,35,36). The van der Waals surface area contributed by atoms with Gasteiger partial charge in [0.05, 0.1) is 40.3 Å². The van der Waals surface area contributed by atoms with Gasteiger partial charge in [0.2, 0.25) is 0 Å². The lowest BCUT2D eigenvalue weighted by Gasteiger charge is -2.26. The minimum atomic E-state index is -0.292. The van der Waals surface area contributed by atoms with Crippen LogP contribution in [0.5, 0.6) is 5.06 Å². The van der Waals surface area contributed by atoms with Gasteiger partial charge in [-0.05, 0) is 53.0 Å². The van der Waals surface area contributed by atoms with Crippen LogP contribution in [0.2, 0.25) is 10.0 Å². The molecule has 0 amide bonds. The molecule has 0 saturated heterocycles. The van der Waals surface area contributed by atoms with Crippen LogP contribution in [0.1, 0.15) is 69.2 Å². The van der Waals surface area contributed by atoms with E-state index in [0.717, 1.165) is 63.7 Å². The summed E-state index contributed by atoms with van der Waals surface area (Å²) in [6, 6.07) is 6.16. The van der Waals surface area contributed by atoms with Gasteiger partial charge in [-0.15, -0.1) is 0 Å². The molecular weight excluding hydrogens is 565 g/mol. The van der Waals surface area contributed by atoms with E-state index >= 15 is 0 Å². The van der Waals surface area contributed by atoms with Crippen LogP contribution in [0.25, 0.3) is 0 Å². The number of pyridine rings is 2. The lowest BCUT2D eigenvalue weighted by Crippen LogP contribution is -2.22. The molecule has 5 heterocycles. The van der Waals surface area contributed by atoms with Crippen LogP contribution in [-0.4, -0.2) is 31.3 Å². The Kier molecular flexibility index (Phi) is 8.01. The zero-order chi connectivity index (χ0) is 28.7. The number of thiazole rings is 1. The molecule has 0 aromatic carbocycles. The van der Waals surface area contributed by atoms with Crippen molar-refractivity contribution in [2.75, 3.05) is 17.2 Å². The molecule has 0 aliphatic carbocycles. The molecule has 11 heteroatoms. The third-order valence-electron chi connectivity index (χ3n) is 7.04. The zero-order valence-corrected chi connectivity index (χ0v) is 26.1. The molecule has 0 radical (unpaired) electrons. The first-order chi connectivity index (χ1) is 18.9. The summed E-state index contributed by atoms with van der Waals surface area (Å²) in [7, 11) is 1.96. The molecule has 2 N–H and O–H groups in total. The van der Waals surface area contributed by atoms with Crippen LogP contribution >= 0.6 is 34.5 Å². The average Bonchev–Trinajstić information content (AvgIpc) is 3.45. The van der Waals surface area contributed by atoms with Crippen LogP contribution in [0.3, 0.4) is 0 Å². The highest BCUT2D eigenvalue weighted by Crippen LogP contribution is 2.38. The molecule has 4 aromatic rings. The van der Waals surface area contributed by atoms with Crippen molar-refractivity contribution in [3.63, 3.8) is 0 Å². The normalized spacial score (nSPS) is 13.6. The van der Waals surface area contributed by atoms with E-state index in [2.05, 4.69) is 66.3 Å². The van der Waals surface area contributed by atoms with Gasteiger partial charge in [0, 0.05) is 25.9 Å². The predicted molar refractivity (Wildman–Crippen MR) is 164 cm³/mol. The Balaban J connectivity index is 1.29. The van der Waals surface area contributed by atoms with Crippen molar-refractivity contribution in [2.45, 2.75) is 71.3 Å². The van der Waals surface area contributed by atoms with Crippen molar-refractivity contribution in [1.82, 2.24) is 24.7 Å². The lowest BCUT2D eigenvalue weighted by molar-refractivity contribution is 0.295. The molecule has 1 aliphatic heterocycles. The van der Waals surface area contributed by atoms with Crippen molar-refractivity contribution in [3.8, 4) is 5.06 Å². The van der Waals surface area contributed by atoms with Gasteiger partial charge in [0.15, 0.2) is 10.2 Å². The number of aromatic nitrogens is 5.